The molecule has 0 bridgehead atoms. The molecule has 0 radical (unpaired) electrons. The van der Waals surface area contributed by atoms with E-state index in [1.807, 2.05) is 10.6 Å². The molecule has 4 rings (SSSR count). The van der Waals surface area contributed by atoms with Crippen molar-refractivity contribution in [3.8, 4) is 0 Å². The van der Waals surface area contributed by atoms with E-state index in [2.05, 4.69) is 31.4 Å². The Labute approximate surface area is 215 Å². The average molecular weight is 508 g/mol. The van der Waals surface area contributed by atoms with E-state index in [1.165, 1.54) is 24.6 Å². The van der Waals surface area contributed by atoms with Crippen molar-refractivity contribution in [2.24, 2.45) is 0 Å². The van der Waals surface area contributed by atoms with Crippen LogP contribution in [0.25, 0.3) is 5.65 Å². The van der Waals surface area contributed by atoms with Gasteiger partial charge >= 0.3 is 5.97 Å². The van der Waals surface area contributed by atoms with Crippen molar-refractivity contribution in [3.63, 3.8) is 0 Å². The minimum absolute atomic E-state index is 0.174. The van der Waals surface area contributed by atoms with Gasteiger partial charge in [0.05, 0.1) is 28.6 Å². The fourth-order valence-electron chi connectivity index (χ4n) is 4.92. The van der Waals surface area contributed by atoms with Gasteiger partial charge in [-0.1, -0.05) is 31.4 Å². The van der Waals surface area contributed by atoms with Crippen molar-refractivity contribution in [2.45, 2.75) is 76.8 Å². The second-order valence-corrected chi connectivity index (χ2v) is 10.6. The lowest BCUT2D eigenvalue weighted by atomic mass is 9.87. The number of nitrogens with zero attached hydrogens (tertiary/aromatic N) is 3. The zero-order chi connectivity index (χ0) is 26.7. The first-order chi connectivity index (χ1) is 17.5. The Bertz CT molecular complexity index is 1320. The van der Waals surface area contributed by atoms with E-state index in [1.54, 1.807) is 18.2 Å². The summed E-state index contributed by atoms with van der Waals surface area (Å²) in [6.45, 7) is 6.22. The Morgan fingerprint density at radius 2 is 1.92 bits per heavy atom. The van der Waals surface area contributed by atoms with Crippen LogP contribution in [0.5, 0.6) is 0 Å². The monoisotopic (exact) mass is 507 g/mol. The van der Waals surface area contributed by atoms with Crippen molar-refractivity contribution in [3.05, 3.63) is 69.5 Å². The van der Waals surface area contributed by atoms with E-state index < -0.39 is 29.3 Å². The molecule has 1 aromatic carbocycles. The third-order valence-corrected chi connectivity index (χ3v) is 6.57. The number of rotatable bonds is 8. The molecule has 0 saturated heterocycles. The normalized spacial score (nSPS) is 15.3. The summed E-state index contributed by atoms with van der Waals surface area (Å²) in [5, 5.41) is 27.1. The first-order valence-corrected chi connectivity index (χ1v) is 12.6. The molecule has 37 heavy (non-hydrogen) atoms. The molecule has 0 aliphatic heterocycles. The SMILES string of the molecule is CC(C)(C)Nc1c(C2CCCCC2)nc2c(C(=O)NC(CC(=O)O)c3cccc([N+](=O)[O-])c3)cccn12. The number of aliphatic carboxylic acids is 1. The molecule has 3 N–H and O–H groups in total. The molecule has 1 aliphatic carbocycles. The van der Waals surface area contributed by atoms with E-state index in [9.17, 15) is 24.8 Å². The summed E-state index contributed by atoms with van der Waals surface area (Å²) in [6, 6.07) is 8.14. The molecule has 10 nitrogen and oxygen atoms in total. The third-order valence-electron chi connectivity index (χ3n) is 6.57. The van der Waals surface area contributed by atoms with E-state index in [-0.39, 0.29) is 11.2 Å². The zero-order valence-electron chi connectivity index (χ0n) is 21.4. The summed E-state index contributed by atoms with van der Waals surface area (Å²) in [7, 11) is 0. The Balaban J connectivity index is 1.74. The highest BCUT2D eigenvalue weighted by molar-refractivity contribution is 6.00. The number of imidazole rings is 1. The lowest BCUT2D eigenvalue weighted by Crippen LogP contribution is -2.30. The van der Waals surface area contributed by atoms with Crippen LogP contribution < -0.4 is 10.6 Å². The quantitative estimate of drug-likeness (QED) is 0.272. The number of pyridine rings is 1. The summed E-state index contributed by atoms with van der Waals surface area (Å²) < 4.78 is 1.89. The summed E-state index contributed by atoms with van der Waals surface area (Å²) in [5.41, 5.74) is 1.68. The van der Waals surface area contributed by atoms with Crippen LogP contribution in [-0.4, -0.2) is 36.8 Å². The lowest BCUT2D eigenvalue weighted by molar-refractivity contribution is -0.384. The molecule has 2 aromatic heterocycles. The zero-order valence-corrected chi connectivity index (χ0v) is 21.4. The predicted octanol–water partition coefficient (Wildman–Crippen LogP) is 5.45. The number of non-ortho nitro benzene ring substituents is 1. The number of aromatic nitrogens is 2. The Morgan fingerprint density at radius 3 is 2.57 bits per heavy atom. The van der Waals surface area contributed by atoms with Gasteiger partial charge in [-0.05, 0) is 51.3 Å². The fraction of sp³-hybridized carbons (Fsp3) is 0.444. The van der Waals surface area contributed by atoms with Crippen molar-refractivity contribution in [2.75, 3.05) is 5.32 Å². The number of amides is 1. The number of hydrogen-bond acceptors (Lipinski definition) is 6. The molecule has 10 heteroatoms. The van der Waals surface area contributed by atoms with Crippen molar-refractivity contribution in [1.82, 2.24) is 14.7 Å². The number of benzene rings is 1. The number of nitro groups is 1. The summed E-state index contributed by atoms with van der Waals surface area (Å²) in [4.78, 5) is 40.7. The molecular formula is C27H33N5O5. The lowest BCUT2D eigenvalue weighted by Gasteiger charge is -2.26. The van der Waals surface area contributed by atoms with Crippen LogP contribution in [0.15, 0.2) is 42.6 Å². The number of carboxylic acids is 1. The van der Waals surface area contributed by atoms with Crippen LogP contribution in [0, 0.1) is 10.1 Å². The van der Waals surface area contributed by atoms with E-state index in [0.29, 0.717) is 22.7 Å². The van der Waals surface area contributed by atoms with E-state index in [0.717, 1.165) is 37.2 Å². The maximum Gasteiger partial charge on any atom is 0.305 e. The van der Waals surface area contributed by atoms with Gasteiger partial charge < -0.3 is 15.7 Å². The second-order valence-electron chi connectivity index (χ2n) is 10.6. The number of nitrogens with one attached hydrogen (secondary N) is 2. The van der Waals surface area contributed by atoms with Crippen molar-refractivity contribution < 1.29 is 19.6 Å². The molecule has 1 unspecified atom stereocenters. The van der Waals surface area contributed by atoms with Crippen LogP contribution in [0.2, 0.25) is 0 Å². The minimum atomic E-state index is -1.13. The molecule has 1 fully saturated rings. The molecule has 1 aliphatic rings. The number of hydrogen-bond donors (Lipinski definition) is 3. The highest BCUT2D eigenvalue weighted by Crippen LogP contribution is 2.38. The van der Waals surface area contributed by atoms with Gasteiger partial charge in [0.2, 0.25) is 0 Å². The number of anilines is 1. The predicted molar refractivity (Wildman–Crippen MR) is 140 cm³/mol. The topological polar surface area (TPSA) is 139 Å². The third kappa shape index (κ3) is 6.07. The highest BCUT2D eigenvalue weighted by atomic mass is 16.6. The number of carbonyl (C=O) groups is 2. The van der Waals surface area contributed by atoms with E-state index in [4.69, 9.17) is 4.98 Å². The van der Waals surface area contributed by atoms with Crippen LogP contribution in [-0.2, 0) is 4.79 Å². The Hall–Kier alpha value is -3.95. The van der Waals surface area contributed by atoms with Crippen LogP contribution in [0.1, 0.15) is 92.9 Å². The Kier molecular flexibility index (Phi) is 7.47. The Morgan fingerprint density at radius 1 is 1.19 bits per heavy atom. The highest BCUT2D eigenvalue weighted by Gasteiger charge is 2.28. The van der Waals surface area contributed by atoms with Gasteiger partial charge in [-0.3, -0.25) is 24.1 Å². The first-order valence-electron chi connectivity index (χ1n) is 12.6. The number of carbonyl (C=O) groups excluding carboxylic acids is 1. The van der Waals surface area contributed by atoms with Gasteiger partial charge in [0, 0.05) is 29.8 Å². The van der Waals surface area contributed by atoms with E-state index >= 15 is 0 Å². The first kappa shape index (κ1) is 26.1. The summed E-state index contributed by atoms with van der Waals surface area (Å²) >= 11 is 0. The molecule has 1 atom stereocenters. The number of carboxylic acid groups (broad SMARTS) is 1. The van der Waals surface area contributed by atoms with Crippen molar-refractivity contribution in [1.29, 1.82) is 0 Å². The minimum Gasteiger partial charge on any atom is -0.481 e. The standard InChI is InChI=1S/C27H33N5O5/c1-27(2,3)30-25-23(17-9-5-4-6-10-17)29-24-20(13-8-14-31(24)25)26(35)28-21(16-22(33)34)18-11-7-12-19(15-18)32(36)37/h7-8,11-15,17,21,30H,4-6,9-10,16H2,1-3H3,(H,28,35)(H,33,34). The fourth-order valence-corrected chi connectivity index (χ4v) is 4.92. The number of fused-ring (bicyclic) bond motifs is 1. The van der Waals surface area contributed by atoms with Crippen LogP contribution >= 0.6 is 0 Å². The van der Waals surface area contributed by atoms with Crippen molar-refractivity contribution >= 4 is 29.0 Å². The summed E-state index contributed by atoms with van der Waals surface area (Å²) in [6.07, 6.45) is 7.02. The van der Waals surface area contributed by atoms with Gasteiger partial charge in [0.15, 0.2) is 5.65 Å². The molecule has 196 valence electrons. The van der Waals surface area contributed by atoms with Crippen LogP contribution in [0.4, 0.5) is 11.5 Å². The molecule has 3 aromatic rings. The van der Waals surface area contributed by atoms with Gasteiger partial charge in [-0.15, -0.1) is 0 Å². The van der Waals surface area contributed by atoms with Gasteiger partial charge in [-0.25, -0.2) is 4.98 Å². The largest absolute Gasteiger partial charge is 0.481 e. The van der Waals surface area contributed by atoms with Gasteiger partial charge in [-0.2, -0.15) is 0 Å². The smallest absolute Gasteiger partial charge is 0.305 e. The molecule has 0 spiro atoms. The molecule has 1 amide bonds. The summed E-state index contributed by atoms with van der Waals surface area (Å²) in [5.74, 6) is -0.471. The van der Waals surface area contributed by atoms with Gasteiger partial charge in [0.25, 0.3) is 11.6 Å². The second kappa shape index (κ2) is 10.6. The molecule has 1 saturated carbocycles. The molecule has 2 heterocycles. The maximum atomic E-state index is 13.5. The maximum absolute atomic E-state index is 13.5. The number of nitro benzene ring substituents is 1. The average Bonchev–Trinajstić information content (AvgIpc) is 3.21. The van der Waals surface area contributed by atoms with Crippen LogP contribution in [0.3, 0.4) is 0 Å². The molecular weight excluding hydrogens is 474 g/mol. The van der Waals surface area contributed by atoms with Gasteiger partial charge in [0.1, 0.15) is 5.82 Å².